The molecular formula is C80H111Cl4F10N23. The smallest absolute Gasteiger partial charge is 0.252 e. The number of halogens is 14. The normalized spacial score (nSPS) is 17.6. The van der Waals surface area contributed by atoms with Gasteiger partial charge in [-0.15, -0.1) is 0 Å². The molecule has 23 nitrogen and oxygen atoms in total. The molecule has 9 aromatic rings. The molecule has 0 saturated heterocycles. The summed E-state index contributed by atoms with van der Waals surface area (Å²) in [6.07, 6.45) is 7.77. The van der Waals surface area contributed by atoms with Crippen LogP contribution in [0.3, 0.4) is 0 Å². The largest absolute Gasteiger partial charge is 0.367 e. The summed E-state index contributed by atoms with van der Waals surface area (Å²) in [6, 6.07) is 17.1. The fourth-order valence-corrected chi connectivity index (χ4v) is 14.0. The van der Waals surface area contributed by atoms with E-state index in [1.807, 2.05) is 132 Å². The Balaban J connectivity index is 0.000000192. The number of hydrogen-bond donors (Lipinski definition) is 7. The van der Waals surface area contributed by atoms with Gasteiger partial charge in [-0.3, -0.25) is 10.2 Å². The van der Waals surface area contributed by atoms with Crippen molar-refractivity contribution in [3.63, 3.8) is 0 Å². The minimum absolute atomic E-state index is 0.00722. The molecule has 0 atom stereocenters. The molecule has 5 fully saturated rings. The first-order valence-corrected chi connectivity index (χ1v) is 41.4. The summed E-state index contributed by atoms with van der Waals surface area (Å²) in [4.78, 5) is 42.2. The van der Waals surface area contributed by atoms with Gasteiger partial charge in [0.15, 0.2) is 5.82 Å². The quantitative estimate of drug-likeness (QED) is 0.0285. The predicted octanol–water partition coefficient (Wildman–Crippen LogP) is 20.9. The van der Waals surface area contributed by atoms with E-state index in [4.69, 9.17) is 52.1 Å². The molecule has 0 aromatic carbocycles. The lowest BCUT2D eigenvalue weighted by Crippen LogP contribution is -2.32. The minimum Gasteiger partial charge on any atom is -0.367 e. The third-order valence-electron chi connectivity index (χ3n) is 19.7. The molecule has 117 heavy (non-hydrogen) atoms. The molecule has 37 heteroatoms. The zero-order chi connectivity index (χ0) is 86.0. The molecule has 0 aliphatic heterocycles. The zero-order valence-electron chi connectivity index (χ0n) is 68.8. The second kappa shape index (κ2) is 44.8. The van der Waals surface area contributed by atoms with Crippen molar-refractivity contribution in [3.8, 4) is 11.8 Å². The number of rotatable bonds is 15. The summed E-state index contributed by atoms with van der Waals surface area (Å²) >= 11 is 22.8. The van der Waals surface area contributed by atoms with Crippen molar-refractivity contribution in [2.75, 3.05) is 21.3 Å². The van der Waals surface area contributed by atoms with Crippen LogP contribution in [0.1, 0.15) is 237 Å². The van der Waals surface area contributed by atoms with Gasteiger partial charge >= 0.3 is 0 Å². The van der Waals surface area contributed by atoms with Crippen LogP contribution in [0.25, 0.3) is 11.8 Å². The monoisotopic (exact) mass is 1720 g/mol. The Morgan fingerprint density at radius 2 is 0.684 bits per heavy atom. The Labute approximate surface area is 698 Å². The standard InChI is InChI=1S/2C17H23F2N5.2C12H16ClF2N3.C6H6Cl2N2.C6H11F2N.2C5H8N2/c1-4-13-10-15(20-14-5-7-17(18,19)8-6-14)22-16(21-13)24-12(3)9-11(2)23-24;1-4-13-10-15(24-12(3)9-11(2)23-24)22-16(20-13)21-14-5-7-17(18,19)8-6-14;1-2-8-7-10(18-11(13)17-8)16-9-3-5-12(14,15)6-4-9;1-2-8-7-10(13)18-11(16-8)17-9-3-5-12(14,15)6-4-9;1-2-4-3-5(7)10-6(8)9-4;7-6(8)3-1-5(9)2-4-6;2*1-4-3-5(2)7-6-4/h2*9-10,14H,4-8H2,1-3H3,(H,20,21,22);2*7,9H,2-6H2,1H3,(H,16,17,18);3H,2H2,1H3;5H,1-4,9H2;2*3H,1-2H3,(H,6,7). The lowest BCUT2D eigenvalue weighted by atomic mass is 9.92. The zero-order valence-corrected chi connectivity index (χ0v) is 71.8. The highest BCUT2D eigenvalue weighted by atomic mass is 35.5. The summed E-state index contributed by atoms with van der Waals surface area (Å²) in [5.41, 5.74) is 17.9. The molecule has 14 rings (SSSR count). The highest BCUT2D eigenvalue weighted by Gasteiger charge is 2.39. The molecule has 644 valence electrons. The molecule has 0 spiro atoms. The molecular weight excluding hydrogens is 1610 g/mol. The molecule has 9 heterocycles. The predicted molar refractivity (Wildman–Crippen MR) is 441 cm³/mol. The number of aromatic nitrogens is 18. The average Bonchev–Trinajstić information content (AvgIpc) is 1.43. The Morgan fingerprint density at radius 3 is 1.03 bits per heavy atom. The third-order valence-corrected chi connectivity index (χ3v) is 20.4. The Morgan fingerprint density at radius 1 is 0.359 bits per heavy atom. The molecule has 5 aliphatic carbocycles. The van der Waals surface area contributed by atoms with Crippen LogP contribution in [0.4, 0.5) is 67.4 Å². The lowest BCUT2D eigenvalue weighted by Gasteiger charge is -2.29. The van der Waals surface area contributed by atoms with Gasteiger partial charge in [-0.05, 0) is 211 Å². The molecule has 5 aliphatic rings. The van der Waals surface area contributed by atoms with Gasteiger partial charge in [-0.1, -0.05) is 57.8 Å². The highest BCUT2D eigenvalue weighted by molar-refractivity contribution is 6.31. The van der Waals surface area contributed by atoms with E-state index in [1.54, 1.807) is 21.5 Å². The van der Waals surface area contributed by atoms with Crippen LogP contribution in [0.2, 0.25) is 20.9 Å². The summed E-state index contributed by atoms with van der Waals surface area (Å²) in [7, 11) is 0. The second-order valence-electron chi connectivity index (χ2n) is 30.2. The topological polar surface area (TPSA) is 296 Å². The van der Waals surface area contributed by atoms with Gasteiger partial charge in [0.25, 0.3) is 5.95 Å². The second-order valence-corrected chi connectivity index (χ2v) is 31.6. The van der Waals surface area contributed by atoms with Crippen molar-refractivity contribution in [1.82, 2.24) is 89.8 Å². The van der Waals surface area contributed by atoms with Crippen molar-refractivity contribution in [2.45, 2.75) is 310 Å². The third kappa shape index (κ3) is 34.2. The van der Waals surface area contributed by atoms with Gasteiger partial charge in [-0.2, -0.15) is 30.4 Å². The van der Waals surface area contributed by atoms with Crippen LogP contribution in [0, 0.1) is 55.4 Å². The maximum atomic E-state index is 13.3. The molecule has 8 N–H and O–H groups in total. The van der Waals surface area contributed by atoms with E-state index in [-0.39, 0.29) is 105 Å². The van der Waals surface area contributed by atoms with Crippen molar-refractivity contribution in [2.24, 2.45) is 5.73 Å². The number of alkyl halides is 10. The van der Waals surface area contributed by atoms with Crippen LogP contribution < -0.4 is 27.0 Å². The number of hydrogen-bond acceptors (Lipinski definition) is 19. The van der Waals surface area contributed by atoms with E-state index in [0.717, 1.165) is 106 Å². The minimum atomic E-state index is -2.53. The van der Waals surface area contributed by atoms with E-state index in [1.165, 1.54) is 0 Å². The number of nitrogens with one attached hydrogen (secondary N) is 6. The van der Waals surface area contributed by atoms with Crippen molar-refractivity contribution in [3.05, 3.63) is 149 Å². The fourth-order valence-electron chi connectivity index (χ4n) is 13.1. The SMILES string of the molecule is CCc1cc(-n2nc(C)cc2C)nc(NC2CCC(F)(F)CC2)n1.CCc1cc(Cl)nc(Cl)n1.CCc1cc(Cl)nc(NC2CCC(F)(F)CC2)n1.CCc1cc(NC2CCC(F)(F)CC2)nc(-n2nc(C)cc2C)n1.CCc1cc(NC2CCC(F)(F)CC2)nc(Cl)n1.Cc1cc(C)[nH]n1.Cc1cc(C)[nH]n1.NC1CCC(F)(F)CC1. The summed E-state index contributed by atoms with van der Waals surface area (Å²) < 4.78 is 133. The van der Waals surface area contributed by atoms with Crippen LogP contribution in [0.5, 0.6) is 0 Å². The maximum absolute atomic E-state index is 13.3. The first kappa shape index (κ1) is 96.0. The van der Waals surface area contributed by atoms with Gasteiger partial charge in [-0.25, -0.2) is 93.1 Å². The first-order chi connectivity index (χ1) is 55.1. The van der Waals surface area contributed by atoms with E-state index in [9.17, 15) is 43.9 Å². The molecule has 0 radical (unpaired) electrons. The van der Waals surface area contributed by atoms with Crippen molar-refractivity contribution < 1.29 is 43.9 Å². The van der Waals surface area contributed by atoms with Crippen LogP contribution in [0.15, 0.2) is 54.6 Å². The average molecular weight is 1730 g/mol. The maximum Gasteiger partial charge on any atom is 0.252 e. The molecule has 0 amide bonds. The van der Waals surface area contributed by atoms with Gasteiger partial charge in [0.2, 0.25) is 52.1 Å². The summed E-state index contributed by atoms with van der Waals surface area (Å²) in [6.45, 7) is 25.7. The first-order valence-electron chi connectivity index (χ1n) is 39.9. The van der Waals surface area contributed by atoms with Gasteiger partial charge in [0.1, 0.15) is 21.9 Å². The van der Waals surface area contributed by atoms with E-state index >= 15 is 0 Å². The Kier molecular flexibility index (Phi) is 36.7. The number of aryl methyl sites for hydroxylation is 13. The highest BCUT2D eigenvalue weighted by Crippen LogP contribution is 2.39. The molecule has 5 saturated carbocycles. The number of aromatic amines is 2. The number of anilines is 4. The van der Waals surface area contributed by atoms with Crippen LogP contribution in [-0.4, -0.2) is 150 Å². The van der Waals surface area contributed by atoms with Gasteiger partial charge < -0.3 is 27.0 Å². The van der Waals surface area contributed by atoms with Gasteiger partial charge in [0, 0.05) is 164 Å². The number of nitrogens with zero attached hydrogens (tertiary/aromatic N) is 16. The molecule has 0 unspecified atom stereocenters. The van der Waals surface area contributed by atoms with Crippen molar-refractivity contribution in [1.29, 1.82) is 0 Å². The Bertz CT molecular complexity index is 4200. The summed E-state index contributed by atoms with van der Waals surface area (Å²) in [5, 5.41) is 36.3. The van der Waals surface area contributed by atoms with E-state index < -0.39 is 29.6 Å². The molecule has 0 bridgehead atoms. The van der Waals surface area contributed by atoms with Crippen molar-refractivity contribution >= 4 is 69.9 Å². The molecule has 9 aromatic heterocycles. The fraction of sp³-hybridized carbons (Fsp3) is 0.600. The summed E-state index contributed by atoms with van der Waals surface area (Å²) in [5.74, 6) is -9.02. The Hall–Kier alpha value is -8.14. The lowest BCUT2D eigenvalue weighted by molar-refractivity contribution is -0.0378. The van der Waals surface area contributed by atoms with Crippen LogP contribution >= 0.6 is 46.4 Å². The van der Waals surface area contributed by atoms with Crippen LogP contribution in [-0.2, 0) is 32.1 Å². The van der Waals surface area contributed by atoms with E-state index in [2.05, 4.69) is 102 Å². The van der Waals surface area contributed by atoms with Gasteiger partial charge in [0.05, 0.1) is 22.8 Å². The number of nitrogens with two attached hydrogens (primary N) is 1. The van der Waals surface area contributed by atoms with E-state index in [0.29, 0.717) is 110 Å². The number of H-pyrrole nitrogens is 2.